The maximum atomic E-state index is 12.7. The molecule has 8 nitrogen and oxygen atoms in total. The molecule has 0 spiro atoms. The first-order valence-corrected chi connectivity index (χ1v) is 9.07. The van der Waals surface area contributed by atoms with E-state index in [0.29, 0.717) is 18.8 Å². The molecule has 1 aromatic heterocycles. The maximum Gasteiger partial charge on any atom is 0.354 e. The summed E-state index contributed by atoms with van der Waals surface area (Å²) < 4.78 is 29.1. The van der Waals surface area contributed by atoms with Crippen molar-refractivity contribution in [2.75, 3.05) is 31.8 Å². The van der Waals surface area contributed by atoms with Crippen LogP contribution in [0.3, 0.4) is 0 Å². The Morgan fingerprint density at radius 3 is 2.48 bits per heavy atom. The monoisotopic (exact) mass is 343 g/mol. The van der Waals surface area contributed by atoms with Crippen LogP contribution in [0.5, 0.6) is 0 Å². The Hall–Kier alpha value is -1.87. The molecule has 0 bridgehead atoms. The zero-order valence-corrected chi connectivity index (χ0v) is 14.2. The average molecular weight is 343 g/mol. The van der Waals surface area contributed by atoms with Crippen molar-refractivity contribution < 1.29 is 22.7 Å². The molecule has 0 aromatic carbocycles. The number of carbonyl (C=O) groups excluding carboxylic acids is 2. The predicted molar refractivity (Wildman–Crippen MR) is 85.1 cm³/mol. The van der Waals surface area contributed by atoms with Crippen molar-refractivity contribution in [1.29, 1.82) is 0 Å². The normalized spacial score (nSPS) is 17.5. The lowest BCUT2D eigenvalue weighted by molar-refractivity contribution is -0.119. The zero-order chi connectivity index (χ0) is 17.3. The van der Waals surface area contributed by atoms with Crippen LogP contribution in [0, 0.1) is 0 Å². The summed E-state index contributed by atoms with van der Waals surface area (Å²) in [6.07, 6.45) is 3.06. The SMILES string of the molecule is COC(=O)c1cc(NC(=O)C2(S(C)(=O)=O)CCNCC2)cn1C. The van der Waals surface area contributed by atoms with Crippen LogP contribution < -0.4 is 10.6 Å². The lowest BCUT2D eigenvalue weighted by Crippen LogP contribution is -2.55. The van der Waals surface area contributed by atoms with E-state index in [0.717, 1.165) is 6.26 Å². The minimum atomic E-state index is -3.58. The number of esters is 1. The molecular formula is C14H21N3O5S. The van der Waals surface area contributed by atoms with E-state index in [9.17, 15) is 18.0 Å². The molecule has 2 N–H and O–H groups in total. The van der Waals surface area contributed by atoms with Crippen molar-refractivity contribution >= 4 is 27.4 Å². The van der Waals surface area contributed by atoms with Crippen molar-refractivity contribution in [3.63, 3.8) is 0 Å². The third-order valence-corrected chi connectivity index (χ3v) is 6.21. The molecule has 128 valence electrons. The van der Waals surface area contributed by atoms with Gasteiger partial charge in [0.1, 0.15) is 5.69 Å². The standard InChI is InChI=1S/C14H21N3O5S/c1-17-9-10(8-11(17)12(18)22-2)16-13(19)14(23(3,20)21)4-6-15-7-5-14/h8-9,15H,4-7H2,1-3H3,(H,16,19). The summed E-state index contributed by atoms with van der Waals surface area (Å²) in [7, 11) is -0.679. The number of anilines is 1. The topological polar surface area (TPSA) is 106 Å². The number of rotatable bonds is 4. The Labute approximate surface area is 135 Å². The first-order chi connectivity index (χ1) is 10.7. The van der Waals surface area contributed by atoms with Crippen LogP contribution in [-0.4, -0.2) is 56.1 Å². The first kappa shape index (κ1) is 17.5. The van der Waals surface area contributed by atoms with Gasteiger partial charge in [-0.25, -0.2) is 13.2 Å². The van der Waals surface area contributed by atoms with E-state index in [-0.39, 0.29) is 18.5 Å². The number of hydrogen-bond acceptors (Lipinski definition) is 6. The lowest BCUT2D eigenvalue weighted by Gasteiger charge is -2.34. The van der Waals surface area contributed by atoms with Crippen molar-refractivity contribution in [3.05, 3.63) is 18.0 Å². The molecule has 1 aliphatic rings. The smallest absolute Gasteiger partial charge is 0.354 e. The highest BCUT2D eigenvalue weighted by Gasteiger charge is 2.48. The lowest BCUT2D eigenvalue weighted by atomic mass is 9.96. The molecule has 0 radical (unpaired) electrons. The Morgan fingerprint density at radius 2 is 1.96 bits per heavy atom. The number of nitrogens with one attached hydrogen (secondary N) is 2. The summed E-state index contributed by atoms with van der Waals surface area (Å²) >= 11 is 0. The summed E-state index contributed by atoms with van der Waals surface area (Å²) in [5.74, 6) is -1.10. The van der Waals surface area contributed by atoms with E-state index in [4.69, 9.17) is 0 Å². The second-order valence-electron chi connectivity index (χ2n) is 5.69. The molecule has 1 aliphatic heterocycles. The zero-order valence-electron chi connectivity index (χ0n) is 13.4. The van der Waals surface area contributed by atoms with E-state index in [1.165, 1.54) is 17.7 Å². The molecule has 1 fully saturated rings. The molecular weight excluding hydrogens is 322 g/mol. The van der Waals surface area contributed by atoms with Gasteiger partial charge in [0.15, 0.2) is 14.6 Å². The van der Waals surface area contributed by atoms with E-state index >= 15 is 0 Å². The van der Waals surface area contributed by atoms with Gasteiger partial charge in [0.25, 0.3) is 0 Å². The molecule has 2 rings (SSSR count). The van der Waals surface area contributed by atoms with Gasteiger partial charge in [-0.1, -0.05) is 0 Å². The number of piperidine rings is 1. The van der Waals surface area contributed by atoms with Crippen LogP contribution >= 0.6 is 0 Å². The summed E-state index contributed by atoms with van der Waals surface area (Å²) in [6.45, 7) is 0.922. The van der Waals surface area contributed by atoms with Gasteiger partial charge in [0.05, 0.1) is 12.8 Å². The molecule has 0 saturated carbocycles. The second kappa shape index (κ2) is 6.32. The van der Waals surface area contributed by atoms with E-state index in [2.05, 4.69) is 15.4 Å². The fourth-order valence-electron chi connectivity index (χ4n) is 2.78. The number of methoxy groups -OCH3 is 1. The third kappa shape index (κ3) is 3.25. The van der Waals surface area contributed by atoms with Gasteiger partial charge >= 0.3 is 5.97 Å². The number of carbonyl (C=O) groups is 2. The molecule has 0 aliphatic carbocycles. The number of amides is 1. The predicted octanol–water partition coefficient (Wildman–Crippen LogP) is -0.0830. The summed E-state index contributed by atoms with van der Waals surface area (Å²) in [4.78, 5) is 24.3. The van der Waals surface area contributed by atoms with Crippen molar-refractivity contribution in [2.45, 2.75) is 17.6 Å². The van der Waals surface area contributed by atoms with Gasteiger partial charge < -0.3 is 19.9 Å². The molecule has 9 heteroatoms. The average Bonchev–Trinajstić information content (AvgIpc) is 2.86. The number of ether oxygens (including phenoxy) is 1. The number of aryl methyl sites for hydroxylation is 1. The largest absolute Gasteiger partial charge is 0.464 e. The van der Waals surface area contributed by atoms with Crippen LogP contribution in [0.2, 0.25) is 0 Å². The Balaban J connectivity index is 2.28. The van der Waals surface area contributed by atoms with Crippen LogP contribution in [-0.2, 0) is 26.4 Å². The van der Waals surface area contributed by atoms with Crippen LogP contribution in [0.25, 0.3) is 0 Å². The van der Waals surface area contributed by atoms with Gasteiger partial charge in [-0.15, -0.1) is 0 Å². The molecule has 1 aromatic rings. The highest BCUT2D eigenvalue weighted by molar-refractivity contribution is 7.92. The van der Waals surface area contributed by atoms with Crippen LogP contribution in [0.15, 0.2) is 12.3 Å². The number of sulfone groups is 1. The first-order valence-electron chi connectivity index (χ1n) is 7.18. The Morgan fingerprint density at radius 1 is 1.35 bits per heavy atom. The summed E-state index contributed by atoms with van der Waals surface area (Å²) in [5, 5.41) is 5.68. The quantitative estimate of drug-likeness (QED) is 0.741. The summed E-state index contributed by atoms with van der Waals surface area (Å²) in [6, 6.07) is 1.46. The van der Waals surface area contributed by atoms with Gasteiger partial charge in [-0.05, 0) is 32.0 Å². The summed E-state index contributed by atoms with van der Waals surface area (Å²) in [5.41, 5.74) is 0.626. The minimum Gasteiger partial charge on any atom is -0.464 e. The second-order valence-corrected chi connectivity index (χ2v) is 8.01. The molecule has 1 amide bonds. The van der Waals surface area contributed by atoms with E-state index < -0.39 is 26.5 Å². The highest BCUT2D eigenvalue weighted by Crippen LogP contribution is 2.29. The number of hydrogen-bond donors (Lipinski definition) is 2. The van der Waals surface area contributed by atoms with E-state index in [1.54, 1.807) is 13.2 Å². The Kier molecular flexibility index (Phi) is 4.81. The fourth-order valence-corrected chi connectivity index (χ4v) is 4.12. The van der Waals surface area contributed by atoms with E-state index in [1.807, 2.05) is 0 Å². The fraction of sp³-hybridized carbons (Fsp3) is 0.571. The van der Waals surface area contributed by atoms with Crippen LogP contribution in [0.1, 0.15) is 23.3 Å². The van der Waals surface area contributed by atoms with Gasteiger partial charge in [-0.3, -0.25) is 4.79 Å². The molecule has 2 heterocycles. The Bertz CT molecular complexity index is 717. The third-order valence-electron chi connectivity index (χ3n) is 4.19. The molecule has 0 unspecified atom stereocenters. The number of aromatic nitrogens is 1. The van der Waals surface area contributed by atoms with Gasteiger partial charge in [0, 0.05) is 19.5 Å². The molecule has 1 saturated heterocycles. The maximum absolute atomic E-state index is 12.7. The van der Waals surface area contributed by atoms with Crippen molar-refractivity contribution in [1.82, 2.24) is 9.88 Å². The molecule has 0 atom stereocenters. The molecule has 23 heavy (non-hydrogen) atoms. The highest BCUT2D eigenvalue weighted by atomic mass is 32.2. The minimum absolute atomic E-state index is 0.217. The van der Waals surface area contributed by atoms with Gasteiger partial charge in [0.2, 0.25) is 5.91 Å². The van der Waals surface area contributed by atoms with Crippen molar-refractivity contribution in [2.24, 2.45) is 7.05 Å². The van der Waals surface area contributed by atoms with Crippen LogP contribution in [0.4, 0.5) is 5.69 Å². The van der Waals surface area contributed by atoms with Gasteiger partial charge in [-0.2, -0.15) is 0 Å². The number of nitrogens with zero attached hydrogens (tertiary/aromatic N) is 1. The van der Waals surface area contributed by atoms with Crippen molar-refractivity contribution in [3.8, 4) is 0 Å².